The third-order valence-corrected chi connectivity index (χ3v) is 8.94. The highest BCUT2D eigenvalue weighted by Crippen LogP contribution is 2.67. The monoisotopic (exact) mass is 348 g/mol. The minimum absolute atomic E-state index is 0.121. The predicted molar refractivity (Wildman–Crippen MR) is 101 cm³/mol. The fourth-order valence-electron chi connectivity index (χ4n) is 7.71. The van der Waals surface area contributed by atoms with E-state index in [0.29, 0.717) is 23.7 Å². The number of alkyl halides is 1. The molecule has 134 valence electrons. The van der Waals surface area contributed by atoms with Crippen LogP contribution in [0.15, 0.2) is 23.8 Å². The highest BCUT2D eigenvalue weighted by molar-refractivity contribution is 6.22. The first-order valence-corrected chi connectivity index (χ1v) is 10.4. The Morgan fingerprint density at radius 3 is 2.79 bits per heavy atom. The molecule has 1 nitrogen and oxygen atoms in total. The molecule has 8 atom stereocenters. The molecule has 1 N–H and O–H groups in total. The molecule has 0 saturated heterocycles. The van der Waals surface area contributed by atoms with Crippen molar-refractivity contribution < 1.29 is 5.11 Å². The van der Waals surface area contributed by atoms with Crippen molar-refractivity contribution in [2.75, 3.05) is 0 Å². The molecule has 0 spiro atoms. The van der Waals surface area contributed by atoms with Crippen LogP contribution in [0.4, 0.5) is 0 Å². The van der Waals surface area contributed by atoms with Crippen LogP contribution in [0.2, 0.25) is 0 Å². The van der Waals surface area contributed by atoms with E-state index in [0.717, 1.165) is 12.8 Å². The van der Waals surface area contributed by atoms with Crippen molar-refractivity contribution in [1.82, 2.24) is 0 Å². The number of allylic oxidation sites excluding steroid dienone is 3. The Balaban J connectivity index is 1.75. The normalized spacial score (nSPS) is 53.6. The van der Waals surface area contributed by atoms with Crippen LogP contribution in [0.25, 0.3) is 0 Å². The van der Waals surface area contributed by atoms with Gasteiger partial charge in [-0.3, -0.25) is 0 Å². The molecule has 0 unspecified atom stereocenters. The third kappa shape index (κ3) is 2.16. The molecule has 3 fully saturated rings. The summed E-state index contributed by atoms with van der Waals surface area (Å²) in [5.74, 6) is 2.25. The second-order valence-electron chi connectivity index (χ2n) is 9.72. The van der Waals surface area contributed by atoms with Gasteiger partial charge >= 0.3 is 0 Å². The van der Waals surface area contributed by atoms with Crippen molar-refractivity contribution in [2.45, 2.75) is 77.2 Å². The Morgan fingerprint density at radius 1 is 1.33 bits per heavy atom. The molecule has 0 radical (unpaired) electrons. The summed E-state index contributed by atoms with van der Waals surface area (Å²) < 4.78 is 0. The average Bonchev–Trinajstić information content (AvgIpc) is 2.83. The highest BCUT2D eigenvalue weighted by Gasteiger charge is 2.62. The lowest BCUT2D eigenvalue weighted by atomic mass is 9.45. The van der Waals surface area contributed by atoms with Crippen molar-refractivity contribution in [3.8, 4) is 0 Å². The summed E-state index contributed by atoms with van der Waals surface area (Å²) in [6.45, 7) is 11.3. The fraction of sp³-hybridized carbons (Fsp3) is 0.818. The smallest absolute Gasteiger partial charge is 0.0585 e. The van der Waals surface area contributed by atoms with Crippen LogP contribution >= 0.6 is 11.6 Å². The van der Waals surface area contributed by atoms with E-state index >= 15 is 0 Å². The van der Waals surface area contributed by atoms with Crippen LogP contribution in [0.3, 0.4) is 0 Å². The molecule has 0 aliphatic heterocycles. The van der Waals surface area contributed by atoms with Gasteiger partial charge in [0.15, 0.2) is 0 Å². The lowest BCUT2D eigenvalue weighted by Crippen LogP contribution is -2.58. The number of hydrogen-bond donors (Lipinski definition) is 1. The summed E-state index contributed by atoms with van der Waals surface area (Å²) in [5.41, 5.74) is 3.10. The van der Waals surface area contributed by atoms with Crippen molar-refractivity contribution in [2.24, 2.45) is 34.5 Å². The third-order valence-electron chi connectivity index (χ3n) is 8.52. The molecule has 0 amide bonds. The lowest BCUT2D eigenvalue weighted by Gasteiger charge is -2.61. The zero-order valence-electron chi connectivity index (χ0n) is 15.5. The van der Waals surface area contributed by atoms with Gasteiger partial charge in [-0.25, -0.2) is 0 Å². The molecular weight excluding hydrogens is 316 g/mol. The molecular formula is C22H33ClO. The topological polar surface area (TPSA) is 20.2 Å². The summed E-state index contributed by atoms with van der Waals surface area (Å²) in [7, 11) is 0. The Bertz CT molecular complexity index is 581. The minimum atomic E-state index is -0.188. The molecule has 0 aromatic heterocycles. The average molecular weight is 349 g/mol. The molecule has 24 heavy (non-hydrogen) atoms. The van der Waals surface area contributed by atoms with Gasteiger partial charge < -0.3 is 5.11 Å². The van der Waals surface area contributed by atoms with Gasteiger partial charge in [0.05, 0.1) is 11.5 Å². The van der Waals surface area contributed by atoms with Crippen molar-refractivity contribution in [3.63, 3.8) is 0 Å². The van der Waals surface area contributed by atoms with E-state index in [1.165, 1.54) is 43.3 Å². The standard InChI is InChI=1S/C22H33ClO/c1-13(2)15-8-9-16-14-11-18(23)17-7-5-6-10-21(17,3)20(14)19(24)12-22(15,16)4/h7,14-16,18-20,24H,1,5-6,8-12H2,2-4H3/t14-,15+,16-,18-,19-,20+,21-,22+/m0/s1. The first-order valence-electron chi connectivity index (χ1n) is 9.97. The van der Waals surface area contributed by atoms with Crippen molar-refractivity contribution in [3.05, 3.63) is 23.8 Å². The van der Waals surface area contributed by atoms with Crippen LogP contribution in [0.1, 0.15) is 65.7 Å². The van der Waals surface area contributed by atoms with Crippen LogP contribution in [-0.2, 0) is 0 Å². The molecule has 2 heteroatoms. The van der Waals surface area contributed by atoms with E-state index in [1.54, 1.807) is 0 Å². The van der Waals surface area contributed by atoms with Crippen LogP contribution < -0.4 is 0 Å². The SMILES string of the molecule is C=C(C)[C@H]1CC[C@H]2[C@@H]3C[C@H](Cl)C4=CCCC[C@]4(C)[C@H]3[C@@H](O)C[C@]12C. The van der Waals surface area contributed by atoms with Crippen LogP contribution in [-0.4, -0.2) is 16.6 Å². The second kappa shape index (κ2) is 5.61. The van der Waals surface area contributed by atoms with E-state index in [1.807, 2.05) is 0 Å². The number of fused-ring (bicyclic) bond motifs is 5. The van der Waals surface area contributed by atoms with Gasteiger partial charge in [-0.1, -0.05) is 37.6 Å². The van der Waals surface area contributed by atoms with Gasteiger partial charge in [-0.05, 0) is 86.4 Å². The van der Waals surface area contributed by atoms with Gasteiger partial charge in [0.1, 0.15) is 0 Å². The van der Waals surface area contributed by atoms with Gasteiger partial charge in [-0.2, -0.15) is 0 Å². The van der Waals surface area contributed by atoms with Crippen LogP contribution in [0.5, 0.6) is 0 Å². The number of rotatable bonds is 1. The highest BCUT2D eigenvalue weighted by atomic mass is 35.5. The maximum Gasteiger partial charge on any atom is 0.0585 e. The first-order chi connectivity index (χ1) is 11.3. The molecule has 0 aromatic rings. The van der Waals surface area contributed by atoms with E-state index < -0.39 is 0 Å². The summed E-state index contributed by atoms with van der Waals surface area (Å²) in [6.07, 6.45) is 10.4. The van der Waals surface area contributed by atoms with Crippen LogP contribution in [0, 0.1) is 34.5 Å². The number of aliphatic hydroxyl groups excluding tert-OH is 1. The van der Waals surface area contributed by atoms with Gasteiger partial charge in [-0.15, -0.1) is 11.6 Å². The Labute approximate surface area is 152 Å². The molecule has 0 bridgehead atoms. The number of aliphatic hydroxyl groups is 1. The molecule has 0 heterocycles. The Morgan fingerprint density at radius 2 is 2.08 bits per heavy atom. The Hall–Kier alpha value is -0.270. The summed E-state index contributed by atoms with van der Waals surface area (Å²) in [4.78, 5) is 0. The zero-order valence-corrected chi connectivity index (χ0v) is 16.3. The lowest BCUT2D eigenvalue weighted by molar-refractivity contribution is -0.124. The van der Waals surface area contributed by atoms with E-state index in [2.05, 4.69) is 33.4 Å². The second-order valence-corrected chi connectivity index (χ2v) is 10.2. The fourth-order valence-corrected chi connectivity index (χ4v) is 8.25. The number of hydrogen-bond acceptors (Lipinski definition) is 1. The van der Waals surface area contributed by atoms with Gasteiger partial charge in [0.25, 0.3) is 0 Å². The number of halogens is 1. The quantitative estimate of drug-likeness (QED) is 0.474. The zero-order chi connectivity index (χ0) is 17.3. The maximum atomic E-state index is 11.3. The molecule has 3 saturated carbocycles. The molecule has 0 aromatic carbocycles. The van der Waals surface area contributed by atoms with E-state index in [-0.39, 0.29) is 22.3 Å². The molecule has 4 rings (SSSR count). The van der Waals surface area contributed by atoms with E-state index in [4.69, 9.17) is 11.6 Å². The van der Waals surface area contributed by atoms with Crippen molar-refractivity contribution in [1.29, 1.82) is 0 Å². The van der Waals surface area contributed by atoms with Gasteiger partial charge in [0, 0.05) is 0 Å². The summed E-state index contributed by atoms with van der Waals surface area (Å²) in [6, 6.07) is 0. The molecule has 4 aliphatic rings. The predicted octanol–water partition coefficient (Wildman–Crippen LogP) is 5.72. The largest absolute Gasteiger partial charge is 0.393 e. The Kier molecular flexibility index (Phi) is 4.01. The van der Waals surface area contributed by atoms with E-state index in [9.17, 15) is 5.11 Å². The minimum Gasteiger partial charge on any atom is -0.393 e. The summed E-state index contributed by atoms with van der Waals surface area (Å²) in [5, 5.41) is 11.5. The summed E-state index contributed by atoms with van der Waals surface area (Å²) >= 11 is 6.91. The molecule has 4 aliphatic carbocycles. The van der Waals surface area contributed by atoms with Crippen molar-refractivity contribution >= 4 is 11.6 Å². The first kappa shape index (κ1) is 17.2. The maximum absolute atomic E-state index is 11.3. The van der Waals surface area contributed by atoms with Gasteiger partial charge in [0.2, 0.25) is 0 Å².